The lowest BCUT2D eigenvalue weighted by Gasteiger charge is -2.17. The van der Waals surface area contributed by atoms with Gasteiger partial charge in [0.2, 0.25) is 0 Å². The van der Waals surface area contributed by atoms with E-state index in [-0.39, 0.29) is 0 Å². The molecule has 116 valence electrons. The third kappa shape index (κ3) is 5.00. The summed E-state index contributed by atoms with van der Waals surface area (Å²) in [6.07, 6.45) is 7.98. The first kappa shape index (κ1) is 16.3. The predicted molar refractivity (Wildman–Crippen MR) is 90.6 cm³/mol. The van der Waals surface area contributed by atoms with Crippen LogP contribution in [0.25, 0.3) is 0 Å². The van der Waals surface area contributed by atoms with Crippen molar-refractivity contribution < 1.29 is 4.79 Å². The molecule has 0 atom stereocenters. The van der Waals surface area contributed by atoms with Gasteiger partial charge in [0, 0.05) is 29.3 Å². The molecular formula is C16H24BrN3O. The fraction of sp³-hybridized carbons (Fsp3) is 0.562. The number of halogens is 1. The summed E-state index contributed by atoms with van der Waals surface area (Å²) in [5, 5.41) is 6.90. The lowest BCUT2D eigenvalue weighted by molar-refractivity contribution is 0.100. The number of amides is 1. The Labute approximate surface area is 135 Å². The molecule has 2 rings (SSSR count). The Morgan fingerprint density at radius 1 is 1.19 bits per heavy atom. The van der Waals surface area contributed by atoms with E-state index in [0.717, 1.165) is 23.2 Å². The first-order chi connectivity index (χ1) is 10.2. The molecule has 0 saturated heterocycles. The molecule has 1 saturated carbocycles. The van der Waals surface area contributed by atoms with Gasteiger partial charge < -0.3 is 16.4 Å². The molecule has 1 fully saturated rings. The molecule has 1 aromatic rings. The van der Waals surface area contributed by atoms with Crippen molar-refractivity contribution in [1.29, 1.82) is 0 Å². The zero-order valence-electron chi connectivity index (χ0n) is 12.3. The Bertz CT molecular complexity index is 471. The molecule has 0 heterocycles. The topological polar surface area (TPSA) is 67.2 Å². The SMILES string of the molecule is NC(=O)c1c(Br)cccc1NCCNC1CCCCCC1. The van der Waals surface area contributed by atoms with Crippen LogP contribution in [0.3, 0.4) is 0 Å². The lowest BCUT2D eigenvalue weighted by atomic mass is 10.1. The minimum absolute atomic E-state index is 0.415. The summed E-state index contributed by atoms with van der Waals surface area (Å²) in [5.41, 5.74) is 6.74. The number of primary amides is 1. The highest BCUT2D eigenvalue weighted by Gasteiger charge is 2.13. The van der Waals surface area contributed by atoms with Crippen LogP contribution in [0.5, 0.6) is 0 Å². The van der Waals surface area contributed by atoms with E-state index in [1.54, 1.807) is 0 Å². The summed E-state index contributed by atoms with van der Waals surface area (Å²) < 4.78 is 0.733. The minimum atomic E-state index is -0.415. The minimum Gasteiger partial charge on any atom is -0.383 e. The third-order valence-electron chi connectivity index (χ3n) is 3.99. The highest BCUT2D eigenvalue weighted by molar-refractivity contribution is 9.10. The quantitative estimate of drug-likeness (QED) is 0.543. The largest absolute Gasteiger partial charge is 0.383 e. The molecule has 0 aromatic heterocycles. The molecule has 1 aliphatic carbocycles. The number of carbonyl (C=O) groups is 1. The second-order valence-electron chi connectivity index (χ2n) is 5.60. The monoisotopic (exact) mass is 353 g/mol. The van der Waals surface area contributed by atoms with Crippen molar-refractivity contribution in [3.63, 3.8) is 0 Å². The van der Waals surface area contributed by atoms with Crippen molar-refractivity contribution in [2.24, 2.45) is 5.73 Å². The molecule has 0 aliphatic heterocycles. The number of nitrogens with two attached hydrogens (primary N) is 1. The average Bonchev–Trinajstić information content (AvgIpc) is 2.72. The van der Waals surface area contributed by atoms with Crippen LogP contribution >= 0.6 is 15.9 Å². The Morgan fingerprint density at radius 2 is 1.90 bits per heavy atom. The van der Waals surface area contributed by atoms with Gasteiger partial charge in [0.25, 0.3) is 5.91 Å². The summed E-state index contributed by atoms with van der Waals surface area (Å²) in [4.78, 5) is 11.5. The number of anilines is 1. The van der Waals surface area contributed by atoms with Crippen molar-refractivity contribution >= 4 is 27.5 Å². The lowest BCUT2D eigenvalue weighted by Crippen LogP contribution is -2.32. The highest BCUT2D eigenvalue weighted by atomic mass is 79.9. The van der Waals surface area contributed by atoms with E-state index in [0.29, 0.717) is 11.6 Å². The number of carbonyl (C=O) groups excluding carboxylic acids is 1. The number of rotatable bonds is 6. The van der Waals surface area contributed by atoms with E-state index in [1.807, 2.05) is 18.2 Å². The van der Waals surface area contributed by atoms with Gasteiger partial charge in [-0.1, -0.05) is 31.7 Å². The molecule has 0 spiro atoms. The molecule has 0 unspecified atom stereocenters. The molecule has 0 radical (unpaired) electrons. The fourth-order valence-corrected chi connectivity index (χ4v) is 3.44. The molecule has 1 amide bonds. The van der Waals surface area contributed by atoms with E-state index in [2.05, 4.69) is 26.6 Å². The molecule has 1 aromatic carbocycles. The first-order valence-corrected chi connectivity index (χ1v) is 8.53. The Balaban J connectivity index is 1.80. The molecule has 5 heteroatoms. The summed E-state index contributed by atoms with van der Waals surface area (Å²) in [6.45, 7) is 1.68. The smallest absolute Gasteiger partial charge is 0.251 e. The van der Waals surface area contributed by atoms with Crippen LogP contribution in [-0.2, 0) is 0 Å². The fourth-order valence-electron chi connectivity index (χ4n) is 2.88. The molecule has 4 nitrogen and oxygen atoms in total. The second-order valence-corrected chi connectivity index (χ2v) is 6.45. The summed E-state index contributed by atoms with van der Waals surface area (Å²) in [5.74, 6) is -0.415. The maximum atomic E-state index is 11.5. The van der Waals surface area contributed by atoms with Crippen molar-refractivity contribution in [2.45, 2.75) is 44.6 Å². The maximum Gasteiger partial charge on any atom is 0.251 e. The van der Waals surface area contributed by atoms with Crippen molar-refractivity contribution in [3.8, 4) is 0 Å². The Hall–Kier alpha value is -1.07. The highest BCUT2D eigenvalue weighted by Crippen LogP contribution is 2.24. The average molecular weight is 354 g/mol. The van der Waals surface area contributed by atoms with E-state index in [4.69, 9.17) is 5.73 Å². The van der Waals surface area contributed by atoms with Gasteiger partial charge in [0.05, 0.1) is 5.56 Å². The van der Waals surface area contributed by atoms with Gasteiger partial charge in [0.15, 0.2) is 0 Å². The summed E-state index contributed by atoms with van der Waals surface area (Å²) >= 11 is 3.37. The van der Waals surface area contributed by atoms with Crippen molar-refractivity contribution in [2.75, 3.05) is 18.4 Å². The van der Waals surface area contributed by atoms with E-state index < -0.39 is 5.91 Å². The second kappa shape index (κ2) is 8.39. The van der Waals surface area contributed by atoms with E-state index in [1.165, 1.54) is 38.5 Å². The standard InChI is InChI=1S/C16H24BrN3O/c17-13-8-5-9-14(15(13)16(18)21)20-11-10-19-12-6-3-1-2-4-7-12/h5,8-9,12,19-20H,1-4,6-7,10-11H2,(H2,18,21). The van der Waals surface area contributed by atoms with Gasteiger partial charge in [-0.3, -0.25) is 4.79 Å². The number of hydrogen-bond donors (Lipinski definition) is 3. The summed E-state index contributed by atoms with van der Waals surface area (Å²) in [6, 6.07) is 6.26. The van der Waals surface area contributed by atoms with Gasteiger partial charge in [-0.25, -0.2) is 0 Å². The van der Waals surface area contributed by atoms with Crippen LogP contribution in [0.4, 0.5) is 5.69 Å². The maximum absolute atomic E-state index is 11.5. The normalized spacial score (nSPS) is 16.4. The first-order valence-electron chi connectivity index (χ1n) is 7.74. The van der Waals surface area contributed by atoms with Gasteiger partial charge >= 0.3 is 0 Å². The summed E-state index contributed by atoms with van der Waals surface area (Å²) in [7, 11) is 0. The van der Waals surface area contributed by atoms with Gasteiger partial charge in [-0.15, -0.1) is 0 Å². The van der Waals surface area contributed by atoms with Crippen LogP contribution in [0.2, 0.25) is 0 Å². The molecule has 1 aliphatic rings. The van der Waals surface area contributed by atoms with Crippen LogP contribution < -0.4 is 16.4 Å². The van der Waals surface area contributed by atoms with E-state index >= 15 is 0 Å². The molecule has 4 N–H and O–H groups in total. The Kier molecular flexibility index (Phi) is 6.51. The zero-order valence-corrected chi connectivity index (χ0v) is 13.9. The van der Waals surface area contributed by atoms with Gasteiger partial charge in [-0.05, 0) is 40.9 Å². The molecular weight excluding hydrogens is 330 g/mol. The number of nitrogens with one attached hydrogen (secondary N) is 2. The molecule has 21 heavy (non-hydrogen) atoms. The van der Waals surface area contributed by atoms with Crippen LogP contribution in [0.1, 0.15) is 48.9 Å². The predicted octanol–water partition coefficient (Wildman–Crippen LogP) is 3.27. The van der Waals surface area contributed by atoms with Crippen LogP contribution in [0, 0.1) is 0 Å². The van der Waals surface area contributed by atoms with Crippen molar-refractivity contribution in [1.82, 2.24) is 5.32 Å². The zero-order chi connectivity index (χ0) is 15.1. The van der Waals surface area contributed by atoms with Crippen LogP contribution in [0.15, 0.2) is 22.7 Å². The number of hydrogen-bond acceptors (Lipinski definition) is 3. The third-order valence-corrected chi connectivity index (χ3v) is 4.65. The van der Waals surface area contributed by atoms with Gasteiger partial charge in [0.1, 0.15) is 0 Å². The van der Waals surface area contributed by atoms with Crippen LogP contribution in [-0.4, -0.2) is 25.0 Å². The van der Waals surface area contributed by atoms with Crippen molar-refractivity contribution in [3.05, 3.63) is 28.2 Å². The van der Waals surface area contributed by atoms with Gasteiger partial charge in [-0.2, -0.15) is 0 Å². The molecule has 0 bridgehead atoms. The Morgan fingerprint density at radius 3 is 2.57 bits per heavy atom. The van der Waals surface area contributed by atoms with E-state index in [9.17, 15) is 4.79 Å². The number of benzene rings is 1.